The molecular formula is C9H7F3NO4S-. The molecule has 9 heteroatoms. The summed E-state index contributed by atoms with van der Waals surface area (Å²) in [7, 11) is 1.17. The molecule has 0 bridgehead atoms. The van der Waals surface area contributed by atoms with Crippen LogP contribution in [0, 0.1) is 0 Å². The molecule has 0 spiro atoms. The molecule has 1 amide bonds. The van der Waals surface area contributed by atoms with Gasteiger partial charge in [0.1, 0.15) is 5.75 Å². The molecule has 0 saturated heterocycles. The number of methoxy groups -OCH3 is 1. The molecule has 1 rings (SSSR count). The molecule has 0 fully saturated rings. The van der Waals surface area contributed by atoms with E-state index in [-0.39, 0.29) is 16.3 Å². The largest absolute Gasteiger partial charge is 0.768 e. The quantitative estimate of drug-likeness (QED) is 0.851. The highest BCUT2D eigenvalue weighted by Crippen LogP contribution is 2.28. The Balaban J connectivity index is 3.09. The van der Waals surface area contributed by atoms with Gasteiger partial charge in [0.05, 0.1) is 12.8 Å². The van der Waals surface area contributed by atoms with Gasteiger partial charge in [0.15, 0.2) is 0 Å². The summed E-state index contributed by atoms with van der Waals surface area (Å²) < 4.78 is 62.2. The zero-order valence-electron chi connectivity index (χ0n) is 8.91. The van der Waals surface area contributed by atoms with Gasteiger partial charge in [-0.05, 0) is 29.3 Å². The SMILES string of the molecule is COc1ccc(S(=O)[O-])cc1NC(=O)C(F)(F)F. The summed E-state index contributed by atoms with van der Waals surface area (Å²) in [5, 5.41) is 1.53. The number of ether oxygens (including phenoxy) is 1. The summed E-state index contributed by atoms with van der Waals surface area (Å²) in [5.74, 6) is -2.29. The van der Waals surface area contributed by atoms with Crippen molar-refractivity contribution >= 4 is 22.7 Å². The first-order chi connectivity index (χ1) is 8.25. The maximum absolute atomic E-state index is 12.1. The third kappa shape index (κ3) is 3.44. The Labute approximate surface area is 102 Å². The summed E-state index contributed by atoms with van der Waals surface area (Å²) in [6.45, 7) is 0. The fourth-order valence-corrected chi connectivity index (χ4v) is 1.47. The summed E-state index contributed by atoms with van der Waals surface area (Å²) in [6.07, 6.45) is -5.07. The van der Waals surface area contributed by atoms with Crippen molar-refractivity contribution in [3.05, 3.63) is 18.2 Å². The summed E-state index contributed by atoms with van der Waals surface area (Å²) >= 11 is -2.62. The zero-order chi connectivity index (χ0) is 13.9. The minimum Gasteiger partial charge on any atom is -0.768 e. The molecule has 0 aliphatic carbocycles. The van der Waals surface area contributed by atoms with E-state index in [0.29, 0.717) is 0 Å². The maximum Gasteiger partial charge on any atom is 0.471 e. The number of anilines is 1. The predicted octanol–water partition coefficient (Wildman–Crippen LogP) is 1.43. The Hall–Kier alpha value is -1.61. The van der Waals surface area contributed by atoms with Crippen LogP contribution in [-0.4, -0.2) is 28.0 Å². The van der Waals surface area contributed by atoms with Gasteiger partial charge in [0.2, 0.25) is 0 Å². The molecule has 0 aromatic heterocycles. The fraction of sp³-hybridized carbons (Fsp3) is 0.222. The van der Waals surface area contributed by atoms with Crippen LogP contribution in [0.2, 0.25) is 0 Å². The molecule has 1 unspecified atom stereocenters. The molecule has 1 aromatic carbocycles. The summed E-state index contributed by atoms with van der Waals surface area (Å²) in [6, 6.07) is 3.13. The van der Waals surface area contributed by atoms with Crippen LogP contribution >= 0.6 is 0 Å². The molecule has 5 nitrogen and oxygen atoms in total. The standard InChI is InChI=1S/C9H8F3NO4S/c1-17-7-3-2-5(18(15)16)4-6(7)13-8(14)9(10,11)12/h2-4H,1H3,(H,13,14)(H,15,16)/p-1. The third-order valence-electron chi connectivity index (χ3n) is 1.87. The zero-order valence-corrected chi connectivity index (χ0v) is 9.72. The monoisotopic (exact) mass is 282 g/mol. The molecule has 1 N–H and O–H groups in total. The highest BCUT2D eigenvalue weighted by molar-refractivity contribution is 7.79. The van der Waals surface area contributed by atoms with Gasteiger partial charge in [-0.3, -0.25) is 9.00 Å². The van der Waals surface area contributed by atoms with E-state index in [1.165, 1.54) is 12.4 Å². The van der Waals surface area contributed by atoms with Crippen LogP contribution in [-0.2, 0) is 15.9 Å². The average Bonchev–Trinajstić information content (AvgIpc) is 2.27. The number of amides is 1. The van der Waals surface area contributed by atoms with Crippen molar-refractivity contribution in [2.45, 2.75) is 11.1 Å². The molecular weight excluding hydrogens is 275 g/mol. The molecule has 1 aromatic rings. The minimum absolute atomic E-state index is 0.0817. The van der Waals surface area contributed by atoms with Gasteiger partial charge in [-0.1, -0.05) is 0 Å². The molecule has 18 heavy (non-hydrogen) atoms. The van der Waals surface area contributed by atoms with Crippen molar-refractivity contribution in [3.8, 4) is 5.75 Å². The van der Waals surface area contributed by atoms with Crippen LogP contribution in [0.25, 0.3) is 0 Å². The number of rotatable bonds is 3. The van der Waals surface area contributed by atoms with Crippen LogP contribution in [0.3, 0.4) is 0 Å². The Morgan fingerprint density at radius 1 is 1.44 bits per heavy atom. The highest BCUT2D eigenvalue weighted by atomic mass is 32.2. The topological polar surface area (TPSA) is 78.5 Å². The number of alkyl halides is 3. The van der Waals surface area contributed by atoms with E-state index in [1.807, 2.05) is 0 Å². The predicted molar refractivity (Wildman–Crippen MR) is 54.9 cm³/mol. The Kier molecular flexibility index (Phi) is 4.30. The van der Waals surface area contributed by atoms with Gasteiger partial charge in [-0.2, -0.15) is 13.2 Å². The lowest BCUT2D eigenvalue weighted by molar-refractivity contribution is -0.167. The first-order valence-corrected chi connectivity index (χ1v) is 5.48. The van der Waals surface area contributed by atoms with Gasteiger partial charge < -0.3 is 14.6 Å². The number of halogens is 3. The Morgan fingerprint density at radius 3 is 2.50 bits per heavy atom. The molecule has 0 saturated carbocycles. The normalized spacial score (nSPS) is 12.9. The van der Waals surface area contributed by atoms with Crippen LogP contribution in [0.15, 0.2) is 23.1 Å². The first-order valence-electron chi connectivity index (χ1n) is 4.41. The molecule has 100 valence electrons. The minimum atomic E-state index is -5.07. The van der Waals surface area contributed by atoms with Crippen LogP contribution in [0.4, 0.5) is 18.9 Å². The van der Waals surface area contributed by atoms with Crippen molar-refractivity contribution < 1.29 is 31.5 Å². The van der Waals surface area contributed by atoms with Gasteiger partial charge >= 0.3 is 12.1 Å². The van der Waals surface area contributed by atoms with E-state index < -0.39 is 23.2 Å². The molecule has 0 aliphatic heterocycles. The number of carbonyl (C=O) groups excluding carboxylic acids is 1. The van der Waals surface area contributed by atoms with Crippen molar-refractivity contribution in [1.29, 1.82) is 0 Å². The van der Waals surface area contributed by atoms with Crippen LogP contribution in [0.5, 0.6) is 5.75 Å². The third-order valence-corrected chi connectivity index (χ3v) is 2.51. The highest BCUT2D eigenvalue weighted by Gasteiger charge is 2.39. The van der Waals surface area contributed by atoms with Crippen molar-refractivity contribution in [1.82, 2.24) is 0 Å². The van der Waals surface area contributed by atoms with Crippen molar-refractivity contribution in [3.63, 3.8) is 0 Å². The van der Waals surface area contributed by atoms with Gasteiger partial charge in [0, 0.05) is 4.90 Å². The van der Waals surface area contributed by atoms with Crippen LogP contribution < -0.4 is 10.1 Å². The lowest BCUT2D eigenvalue weighted by Crippen LogP contribution is -2.30. The number of carbonyl (C=O) groups is 1. The summed E-state index contributed by atoms with van der Waals surface area (Å²) in [4.78, 5) is 10.5. The van der Waals surface area contributed by atoms with E-state index in [0.717, 1.165) is 18.2 Å². The fourth-order valence-electron chi connectivity index (χ4n) is 1.08. The average molecular weight is 282 g/mol. The van der Waals surface area contributed by atoms with E-state index in [9.17, 15) is 26.7 Å². The second-order valence-corrected chi connectivity index (χ2v) is 3.99. The van der Waals surface area contributed by atoms with Crippen molar-refractivity contribution in [2.75, 3.05) is 12.4 Å². The molecule has 1 atom stereocenters. The van der Waals surface area contributed by atoms with Gasteiger partial charge in [-0.15, -0.1) is 0 Å². The molecule has 0 radical (unpaired) electrons. The molecule has 0 heterocycles. The number of benzene rings is 1. The lowest BCUT2D eigenvalue weighted by atomic mass is 10.3. The molecule has 0 aliphatic rings. The number of nitrogens with one attached hydrogen (secondary N) is 1. The second-order valence-electron chi connectivity index (χ2n) is 3.05. The maximum atomic E-state index is 12.1. The number of hydrogen-bond acceptors (Lipinski definition) is 4. The van der Waals surface area contributed by atoms with Crippen LogP contribution in [0.1, 0.15) is 0 Å². The Bertz CT molecular complexity index is 489. The van der Waals surface area contributed by atoms with E-state index >= 15 is 0 Å². The summed E-state index contributed by atoms with van der Waals surface area (Å²) in [5.41, 5.74) is -0.374. The van der Waals surface area contributed by atoms with E-state index in [4.69, 9.17) is 4.74 Å². The van der Waals surface area contributed by atoms with Gasteiger partial charge in [0.25, 0.3) is 0 Å². The van der Waals surface area contributed by atoms with Crippen molar-refractivity contribution in [2.24, 2.45) is 0 Å². The second kappa shape index (κ2) is 5.36. The van der Waals surface area contributed by atoms with E-state index in [1.54, 1.807) is 0 Å². The number of hydrogen-bond donors (Lipinski definition) is 1. The first kappa shape index (κ1) is 14.5. The Morgan fingerprint density at radius 2 is 2.06 bits per heavy atom. The van der Waals surface area contributed by atoms with Gasteiger partial charge in [-0.25, -0.2) is 0 Å². The smallest absolute Gasteiger partial charge is 0.471 e. The lowest BCUT2D eigenvalue weighted by Gasteiger charge is -2.14. The van der Waals surface area contributed by atoms with E-state index in [2.05, 4.69) is 0 Å².